The Morgan fingerprint density at radius 3 is 2.33 bits per heavy atom. The van der Waals surface area contributed by atoms with Crippen LogP contribution in [0.1, 0.15) is 26.3 Å². The van der Waals surface area contributed by atoms with E-state index in [0.717, 1.165) is 21.2 Å². The molecule has 5 aromatic rings. The summed E-state index contributed by atoms with van der Waals surface area (Å²) in [5.41, 5.74) is 2.39. The third kappa shape index (κ3) is 6.95. The number of methoxy groups -OCH3 is 1. The first kappa shape index (κ1) is 28.4. The molecule has 0 radical (unpaired) electrons. The van der Waals surface area contributed by atoms with Gasteiger partial charge in [-0.2, -0.15) is 0 Å². The lowest BCUT2D eigenvalue weighted by molar-refractivity contribution is -0.113. The highest BCUT2D eigenvalue weighted by Gasteiger charge is 2.17. The molecule has 0 fully saturated rings. The van der Waals surface area contributed by atoms with Gasteiger partial charge < -0.3 is 15.4 Å². The minimum absolute atomic E-state index is 0.0594. The first-order valence-electron chi connectivity index (χ1n) is 13.3. The number of para-hydroxylation sites is 1. The third-order valence-electron chi connectivity index (χ3n) is 6.52. The molecule has 0 spiro atoms. The van der Waals surface area contributed by atoms with Crippen molar-refractivity contribution in [1.29, 1.82) is 0 Å². The van der Waals surface area contributed by atoms with Gasteiger partial charge in [-0.1, -0.05) is 78.9 Å². The van der Waals surface area contributed by atoms with Crippen LogP contribution in [-0.2, 0) is 4.79 Å². The molecule has 7 heteroatoms. The first-order chi connectivity index (χ1) is 20.5. The molecule has 0 atom stereocenters. The Labute approximate surface area is 248 Å². The van der Waals surface area contributed by atoms with Gasteiger partial charge in [-0.15, -0.1) is 11.8 Å². The molecular formula is C35H28N2O4S. The number of ketones is 1. The summed E-state index contributed by atoms with van der Waals surface area (Å²) in [6.45, 7) is 0. The highest BCUT2D eigenvalue weighted by Crippen LogP contribution is 2.26. The Morgan fingerprint density at radius 1 is 0.786 bits per heavy atom. The quantitative estimate of drug-likeness (QED) is 0.105. The largest absolute Gasteiger partial charge is 0.496 e. The maximum Gasteiger partial charge on any atom is 0.272 e. The summed E-state index contributed by atoms with van der Waals surface area (Å²) in [4.78, 5) is 40.3. The standard InChI is InChI=1S/C35H28N2O4S/c1-41-33-20-8-7-19-30(33)32(38)23-42-28-17-10-16-27(22-28)36-35(40)31(37-34(39)25-12-3-2-4-13-25)21-26-15-9-14-24-11-5-6-18-29(24)26/h2-22H,23H2,1H3,(H,36,40)(H,37,39)/b31-21-. The Bertz CT molecular complexity index is 1780. The number of thioether (sulfide) groups is 1. The van der Waals surface area contributed by atoms with E-state index in [1.54, 1.807) is 60.7 Å². The van der Waals surface area contributed by atoms with Gasteiger partial charge in [0.15, 0.2) is 5.78 Å². The molecule has 2 N–H and O–H groups in total. The summed E-state index contributed by atoms with van der Waals surface area (Å²) in [6.07, 6.45) is 1.68. The van der Waals surface area contributed by atoms with Gasteiger partial charge in [0.05, 0.1) is 18.4 Å². The lowest BCUT2D eigenvalue weighted by atomic mass is 10.0. The second kappa shape index (κ2) is 13.5. The molecule has 5 aromatic carbocycles. The van der Waals surface area contributed by atoms with E-state index in [1.807, 2.05) is 66.7 Å². The molecule has 0 saturated heterocycles. The summed E-state index contributed by atoms with van der Waals surface area (Å²) in [7, 11) is 1.54. The van der Waals surface area contributed by atoms with Crippen molar-refractivity contribution in [3.8, 4) is 5.75 Å². The van der Waals surface area contributed by atoms with Gasteiger partial charge in [0, 0.05) is 16.1 Å². The van der Waals surface area contributed by atoms with Gasteiger partial charge >= 0.3 is 0 Å². The molecule has 2 amide bonds. The normalized spacial score (nSPS) is 11.1. The number of hydrogen-bond acceptors (Lipinski definition) is 5. The SMILES string of the molecule is COc1ccccc1C(=O)CSc1cccc(NC(=O)/C(=C/c2cccc3ccccc23)NC(=O)c2ccccc2)c1. The number of fused-ring (bicyclic) bond motifs is 1. The zero-order valence-electron chi connectivity index (χ0n) is 22.9. The van der Waals surface area contributed by atoms with Gasteiger partial charge in [0.2, 0.25) is 0 Å². The summed E-state index contributed by atoms with van der Waals surface area (Å²) >= 11 is 1.36. The zero-order valence-corrected chi connectivity index (χ0v) is 23.7. The Balaban J connectivity index is 1.37. The van der Waals surface area contributed by atoms with Crippen LogP contribution >= 0.6 is 11.8 Å². The summed E-state index contributed by atoms with van der Waals surface area (Å²) < 4.78 is 5.31. The molecule has 0 aliphatic carbocycles. The van der Waals surface area contributed by atoms with Crippen molar-refractivity contribution in [2.24, 2.45) is 0 Å². The number of anilines is 1. The summed E-state index contributed by atoms with van der Waals surface area (Å²) in [6, 6.07) is 36.8. The maximum absolute atomic E-state index is 13.6. The van der Waals surface area contributed by atoms with Crippen molar-refractivity contribution in [2.75, 3.05) is 18.2 Å². The van der Waals surface area contributed by atoms with Crippen LogP contribution in [0.2, 0.25) is 0 Å². The van der Waals surface area contributed by atoms with Gasteiger partial charge in [-0.25, -0.2) is 0 Å². The van der Waals surface area contributed by atoms with Crippen molar-refractivity contribution in [3.63, 3.8) is 0 Å². The minimum Gasteiger partial charge on any atom is -0.496 e. The van der Waals surface area contributed by atoms with E-state index in [2.05, 4.69) is 10.6 Å². The molecule has 208 valence electrons. The number of rotatable bonds is 10. The smallest absolute Gasteiger partial charge is 0.272 e. The summed E-state index contributed by atoms with van der Waals surface area (Å²) in [5, 5.41) is 7.68. The van der Waals surface area contributed by atoms with Crippen molar-refractivity contribution < 1.29 is 19.1 Å². The van der Waals surface area contributed by atoms with E-state index in [-0.39, 0.29) is 17.2 Å². The molecule has 0 heterocycles. The number of ether oxygens (including phenoxy) is 1. The first-order valence-corrected chi connectivity index (χ1v) is 14.3. The van der Waals surface area contributed by atoms with Crippen molar-refractivity contribution >= 4 is 51.9 Å². The van der Waals surface area contributed by atoms with Gasteiger partial charge in [-0.3, -0.25) is 14.4 Å². The molecule has 0 aromatic heterocycles. The molecule has 0 saturated carbocycles. The number of Topliss-reactive ketones (excluding diaryl/α,β-unsaturated/α-hetero) is 1. The summed E-state index contributed by atoms with van der Waals surface area (Å²) in [5.74, 6) is -0.184. The number of nitrogens with one attached hydrogen (secondary N) is 2. The van der Waals surface area contributed by atoms with Crippen LogP contribution in [0.25, 0.3) is 16.8 Å². The van der Waals surface area contributed by atoms with Crippen LogP contribution in [0.15, 0.2) is 132 Å². The topological polar surface area (TPSA) is 84.5 Å². The monoisotopic (exact) mass is 572 g/mol. The average Bonchev–Trinajstić information content (AvgIpc) is 3.04. The van der Waals surface area contributed by atoms with Crippen LogP contribution in [0.3, 0.4) is 0 Å². The fourth-order valence-electron chi connectivity index (χ4n) is 4.44. The Hall–Kier alpha value is -5.14. The Morgan fingerprint density at radius 2 is 1.50 bits per heavy atom. The molecule has 0 aliphatic rings. The Kier molecular flexibility index (Phi) is 9.11. The minimum atomic E-state index is -0.473. The van der Waals surface area contributed by atoms with E-state index in [4.69, 9.17) is 4.74 Å². The lowest BCUT2D eigenvalue weighted by Gasteiger charge is -2.13. The molecule has 0 aliphatic heterocycles. The zero-order chi connectivity index (χ0) is 29.3. The number of amides is 2. The van der Waals surface area contributed by atoms with Crippen molar-refractivity contribution in [3.05, 3.63) is 144 Å². The molecular weight excluding hydrogens is 544 g/mol. The molecule has 6 nitrogen and oxygen atoms in total. The fraction of sp³-hybridized carbons (Fsp3) is 0.0571. The fourth-order valence-corrected chi connectivity index (χ4v) is 5.28. The number of carbonyl (C=O) groups is 3. The number of benzene rings is 5. The van der Waals surface area contributed by atoms with Gasteiger partial charge in [-0.05, 0) is 64.9 Å². The predicted octanol–water partition coefficient (Wildman–Crippen LogP) is 7.23. The van der Waals surface area contributed by atoms with Crippen LogP contribution in [0.5, 0.6) is 5.75 Å². The van der Waals surface area contributed by atoms with Crippen LogP contribution < -0.4 is 15.4 Å². The number of carbonyl (C=O) groups excluding carboxylic acids is 3. The molecule has 0 bridgehead atoms. The second-order valence-electron chi connectivity index (χ2n) is 9.34. The maximum atomic E-state index is 13.6. The average molecular weight is 573 g/mol. The second-order valence-corrected chi connectivity index (χ2v) is 10.4. The van der Waals surface area contributed by atoms with Gasteiger partial charge in [0.1, 0.15) is 11.4 Å². The van der Waals surface area contributed by atoms with E-state index >= 15 is 0 Å². The molecule has 5 rings (SSSR count). The highest BCUT2D eigenvalue weighted by molar-refractivity contribution is 8.00. The van der Waals surface area contributed by atoms with E-state index in [0.29, 0.717) is 22.6 Å². The van der Waals surface area contributed by atoms with E-state index < -0.39 is 11.8 Å². The van der Waals surface area contributed by atoms with Crippen molar-refractivity contribution in [2.45, 2.75) is 4.90 Å². The van der Waals surface area contributed by atoms with Crippen LogP contribution in [0.4, 0.5) is 5.69 Å². The van der Waals surface area contributed by atoms with Crippen LogP contribution in [0, 0.1) is 0 Å². The predicted molar refractivity (Wildman–Crippen MR) is 169 cm³/mol. The highest BCUT2D eigenvalue weighted by atomic mass is 32.2. The van der Waals surface area contributed by atoms with Crippen molar-refractivity contribution in [1.82, 2.24) is 5.32 Å². The number of hydrogen-bond donors (Lipinski definition) is 2. The van der Waals surface area contributed by atoms with E-state index in [9.17, 15) is 14.4 Å². The molecule has 0 unspecified atom stereocenters. The van der Waals surface area contributed by atoms with Crippen LogP contribution in [-0.4, -0.2) is 30.5 Å². The van der Waals surface area contributed by atoms with E-state index in [1.165, 1.54) is 18.9 Å². The lowest BCUT2D eigenvalue weighted by Crippen LogP contribution is -2.30. The van der Waals surface area contributed by atoms with Gasteiger partial charge in [0.25, 0.3) is 11.8 Å². The third-order valence-corrected chi connectivity index (χ3v) is 7.52. The molecule has 42 heavy (non-hydrogen) atoms.